The molecule has 1 aromatic carbocycles. The highest BCUT2D eigenvalue weighted by molar-refractivity contribution is 6.30. The Bertz CT molecular complexity index is 365. The first-order valence-electron chi connectivity index (χ1n) is 5.59. The number of hydrogen-bond donors (Lipinski definition) is 1. The number of ether oxygens (including phenoxy) is 1. The number of hydrogen-bond acceptors (Lipinski definition) is 2. The van der Waals surface area contributed by atoms with Gasteiger partial charge in [-0.05, 0) is 37.0 Å². The van der Waals surface area contributed by atoms with Crippen LogP contribution in [0, 0.1) is 5.92 Å². The van der Waals surface area contributed by atoms with E-state index >= 15 is 0 Å². The van der Waals surface area contributed by atoms with Crippen molar-refractivity contribution in [3.05, 3.63) is 34.9 Å². The van der Waals surface area contributed by atoms with Gasteiger partial charge in [0, 0.05) is 18.7 Å². The fraction of sp³-hybridized carbons (Fsp3) is 0.462. The van der Waals surface area contributed by atoms with E-state index in [1.54, 1.807) is 13.2 Å². The number of carboxylic acid groups (broad SMARTS) is 1. The molecule has 3 nitrogen and oxygen atoms in total. The molecule has 1 rings (SSSR count). The maximum absolute atomic E-state index is 11.1. The third-order valence-corrected chi connectivity index (χ3v) is 2.86. The predicted molar refractivity (Wildman–Crippen MR) is 67.4 cm³/mol. The van der Waals surface area contributed by atoms with Crippen LogP contribution in [0.4, 0.5) is 0 Å². The van der Waals surface area contributed by atoms with Crippen molar-refractivity contribution in [3.8, 4) is 0 Å². The van der Waals surface area contributed by atoms with Crippen molar-refractivity contribution in [1.82, 2.24) is 0 Å². The SMILES string of the molecule is COCCCC(Cc1cccc(Cl)c1)C(=O)O. The highest BCUT2D eigenvalue weighted by Crippen LogP contribution is 2.18. The molecular formula is C13H17ClO3. The number of carbonyl (C=O) groups is 1. The Labute approximate surface area is 106 Å². The van der Waals surface area contributed by atoms with Crippen molar-refractivity contribution >= 4 is 17.6 Å². The van der Waals surface area contributed by atoms with E-state index in [2.05, 4.69) is 0 Å². The smallest absolute Gasteiger partial charge is 0.306 e. The number of benzene rings is 1. The van der Waals surface area contributed by atoms with Gasteiger partial charge in [-0.1, -0.05) is 23.7 Å². The van der Waals surface area contributed by atoms with Crippen molar-refractivity contribution < 1.29 is 14.6 Å². The van der Waals surface area contributed by atoms with Crippen molar-refractivity contribution in [2.75, 3.05) is 13.7 Å². The number of aliphatic carboxylic acids is 1. The second-order valence-electron chi connectivity index (χ2n) is 4.00. The molecule has 0 saturated heterocycles. The zero-order chi connectivity index (χ0) is 12.7. The second kappa shape index (κ2) is 7.30. The minimum Gasteiger partial charge on any atom is -0.481 e. The topological polar surface area (TPSA) is 46.5 Å². The molecule has 0 saturated carbocycles. The first kappa shape index (κ1) is 14.0. The Balaban J connectivity index is 2.57. The molecule has 0 radical (unpaired) electrons. The predicted octanol–water partition coefficient (Wildman–Crippen LogP) is 3.01. The summed E-state index contributed by atoms with van der Waals surface area (Å²) in [4.78, 5) is 11.1. The van der Waals surface area contributed by atoms with E-state index in [-0.39, 0.29) is 5.92 Å². The van der Waals surface area contributed by atoms with E-state index in [0.717, 1.165) is 12.0 Å². The van der Waals surface area contributed by atoms with Gasteiger partial charge in [-0.25, -0.2) is 0 Å². The molecule has 0 heterocycles. The fourth-order valence-corrected chi connectivity index (χ4v) is 1.95. The van der Waals surface area contributed by atoms with Crippen LogP contribution in [0.3, 0.4) is 0 Å². The van der Waals surface area contributed by atoms with Gasteiger partial charge < -0.3 is 9.84 Å². The lowest BCUT2D eigenvalue weighted by atomic mass is 9.95. The number of rotatable bonds is 7. The second-order valence-corrected chi connectivity index (χ2v) is 4.44. The molecule has 0 spiro atoms. The first-order valence-corrected chi connectivity index (χ1v) is 5.97. The third-order valence-electron chi connectivity index (χ3n) is 2.62. The summed E-state index contributed by atoms with van der Waals surface area (Å²) in [5.74, 6) is -1.13. The summed E-state index contributed by atoms with van der Waals surface area (Å²) in [5, 5.41) is 9.77. The maximum atomic E-state index is 11.1. The molecule has 0 aliphatic rings. The zero-order valence-corrected chi connectivity index (χ0v) is 10.6. The van der Waals surface area contributed by atoms with Gasteiger partial charge in [0.2, 0.25) is 0 Å². The molecule has 0 aliphatic carbocycles. The maximum Gasteiger partial charge on any atom is 0.306 e. The summed E-state index contributed by atoms with van der Waals surface area (Å²) in [5.41, 5.74) is 0.960. The van der Waals surface area contributed by atoms with Gasteiger partial charge in [-0.2, -0.15) is 0 Å². The Kier molecular flexibility index (Phi) is 6.01. The summed E-state index contributed by atoms with van der Waals surface area (Å²) in [7, 11) is 1.62. The van der Waals surface area contributed by atoms with Crippen molar-refractivity contribution in [2.24, 2.45) is 5.92 Å². The molecule has 1 N–H and O–H groups in total. The lowest BCUT2D eigenvalue weighted by molar-refractivity contribution is -0.142. The zero-order valence-electron chi connectivity index (χ0n) is 9.86. The Morgan fingerprint density at radius 1 is 1.53 bits per heavy atom. The Hall–Kier alpha value is -1.06. The lowest BCUT2D eigenvalue weighted by Crippen LogP contribution is -2.17. The molecule has 1 atom stereocenters. The van der Waals surface area contributed by atoms with E-state index in [0.29, 0.717) is 24.5 Å². The summed E-state index contributed by atoms with van der Waals surface area (Å²) >= 11 is 5.87. The average Bonchev–Trinajstić information content (AvgIpc) is 2.28. The number of methoxy groups -OCH3 is 1. The monoisotopic (exact) mass is 256 g/mol. The number of halogens is 1. The van der Waals surface area contributed by atoms with Crippen LogP contribution in [0.2, 0.25) is 5.02 Å². The van der Waals surface area contributed by atoms with Crippen LogP contribution in [-0.2, 0) is 16.0 Å². The molecular weight excluding hydrogens is 240 g/mol. The summed E-state index contributed by atoms with van der Waals surface area (Å²) in [6.07, 6.45) is 1.89. The van der Waals surface area contributed by atoms with Gasteiger partial charge in [-0.15, -0.1) is 0 Å². The summed E-state index contributed by atoms with van der Waals surface area (Å²) < 4.78 is 4.93. The molecule has 94 valence electrons. The van der Waals surface area contributed by atoms with Gasteiger partial charge in [0.25, 0.3) is 0 Å². The standard InChI is InChI=1S/C13H17ClO3/c1-17-7-3-5-11(13(15)16)8-10-4-2-6-12(14)9-10/h2,4,6,9,11H,3,5,7-8H2,1H3,(H,15,16). The molecule has 1 aromatic rings. The summed E-state index contributed by atoms with van der Waals surface area (Å²) in [6.45, 7) is 0.597. The van der Waals surface area contributed by atoms with Gasteiger partial charge in [-0.3, -0.25) is 4.79 Å². The molecule has 0 amide bonds. The molecule has 4 heteroatoms. The highest BCUT2D eigenvalue weighted by Gasteiger charge is 2.17. The van der Waals surface area contributed by atoms with Gasteiger partial charge >= 0.3 is 5.97 Å². The van der Waals surface area contributed by atoms with Gasteiger partial charge in [0.05, 0.1) is 5.92 Å². The minimum atomic E-state index is -0.763. The lowest BCUT2D eigenvalue weighted by Gasteiger charge is -2.12. The van der Waals surface area contributed by atoms with E-state index in [9.17, 15) is 4.79 Å². The minimum absolute atomic E-state index is 0.372. The molecule has 0 fully saturated rings. The molecule has 0 aliphatic heterocycles. The molecule has 0 bridgehead atoms. The largest absolute Gasteiger partial charge is 0.481 e. The van der Waals surface area contributed by atoms with E-state index in [4.69, 9.17) is 21.4 Å². The fourth-order valence-electron chi connectivity index (χ4n) is 1.74. The van der Waals surface area contributed by atoms with E-state index in [1.807, 2.05) is 18.2 Å². The van der Waals surface area contributed by atoms with Crippen molar-refractivity contribution in [1.29, 1.82) is 0 Å². The van der Waals surface area contributed by atoms with Crippen LogP contribution in [0.5, 0.6) is 0 Å². The van der Waals surface area contributed by atoms with E-state index in [1.165, 1.54) is 0 Å². The van der Waals surface area contributed by atoms with Crippen LogP contribution in [-0.4, -0.2) is 24.8 Å². The van der Waals surface area contributed by atoms with Crippen LogP contribution < -0.4 is 0 Å². The average molecular weight is 257 g/mol. The van der Waals surface area contributed by atoms with Crippen molar-refractivity contribution in [2.45, 2.75) is 19.3 Å². The quantitative estimate of drug-likeness (QED) is 0.763. The first-order chi connectivity index (χ1) is 8.13. The van der Waals surface area contributed by atoms with Gasteiger partial charge in [0.1, 0.15) is 0 Å². The molecule has 1 unspecified atom stereocenters. The Morgan fingerprint density at radius 3 is 2.88 bits per heavy atom. The highest BCUT2D eigenvalue weighted by atomic mass is 35.5. The third kappa shape index (κ3) is 5.20. The van der Waals surface area contributed by atoms with Crippen molar-refractivity contribution in [3.63, 3.8) is 0 Å². The van der Waals surface area contributed by atoms with Crippen LogP contribution >= 0.6 is 11.6 Å². The molecule has 0 aromatic heterocycles. The van der Waals surface area contributed by atoms with Crippen LogP contribution in [0.15, 0.2) is 24.3 Å². The van der Waals surface area contributed by atoms with Gasteiger partial charge in [0.15, 0.2) is 0 Å². The molecule has 17 heavy (non-hydrogen) atoms. The summed E-state index contributed by atoms with van der Waals surface area (Å²) in [6, 6.07) is 7.34. The number of carboxylic acids is 1. The van der Waals surface area contributed by atoms with E-state index < -0.39 is 5.97 Å². The normalized spacial score (nSPS) is 12.4. The van der Waals surface area contributed by atoms with Crippen LogP contribution in [0.25, 0.3) is 0 Å². The Morgan fingerprint density at radius 2 is 2.29 bits per heavy atom. The van der Waals surface area contributed by atoms with Crippen LogP contribution in [0.1, 0.15) is 18.4 Å².